The molecule has 3 aromatic rings. The molecule has 0 bridgehead atoms. The van der Waals surface area contributed by atoms with E-state index in [2.05, 4.69) is 41.0 Å². The quantitative estimate of drug-likeness (QED) is 0.587. The standard InChI is InChI=1S/C23H24ClN3O3/c1-14(2)9-15-3-5-16(6-4-15)22-25-21(26-30-22)17-7-8-18(20(24)10-17)11-27-12-19(13-27)23(28)29/h3-8,10,14,19H,9,11-13H2,1-2H3,(H,28,29). The van der Waals surface area contributed by atoms with Crippen LogP contribution in [0.2, 0.25) is 5.02 Å². The molecule has 0 aliphatic carbocycles. The third-order valence-electron chi connectivity index (χ3n) is 5.28. The van der Waals surface area contributed by atoms with Crippen LogP contribution in [0.25, 0.3) is 22.8 Å². The van der Waals surface area contributed by atoms with E-state index in [0.29, 0.717) is 42.3 Å². The molecule has 1 fully saturated rings. The van der Waals surface area contributed by atoms with Gasteiger partial charge in [-0.25, -0.2) is 0 Å². The Balaban J connectivity index is 1.44. The molecule has 0 unspecified atom stereocenters. The summed E-state index contributed by atoms with van der Waals surface area (Å²) in [5, 5.41) is 13.7. The van der Waals surface area contributed by atoms with Crippen LogP contribution in [-0.2, 0) is 17.8 Å². The lowest BCUT2D eigenvalue weighted by Crippen LogP contribution is -2.49. The van der Waals surface area contributed by atoms with Gasteiger partial charge in [-0.3, -0.25) is 9.69 Å². The smallest absolute Gasteiger partial charge is 0.309 e. The van der Waals surface area contributed by atoms with Crippen LogP contribution in [0.1, 0.15) is 25.0 Å². The monoisotopic (exact) mass is 425 g/mol. The van der Waals surface area contributed by atoms with Gasteiger partial charge >= 0.3 is 5.97 Å². The van der Waals surface area contributed by atoms with E-state index < -0.39 is 5.97 Å². The summed E-state index contributed by atoms with van der Waals surface area (Å²) in [7, 11) is 0. The fourth-order valence-electron chi connectivity index (χ4n) is 3.62. The number of carbonyl (C=O) groups is 1. The Morgan fingerprint density at radius 2 is 1.90 bits per heavy atom. The highest BCUT2D eigenvalue weighted by molar-refractivity contribution is 6.31. The molecule has 1 N–H and O–H groups in total. The lowest BCUT2D eigenvalue weighted by molar-refractivity contribution is -0.147. The summed E-state index contributed by atoms with van der Waals surface area (Å²) < 4.78 is 5.45. The predicted octanol–water partition coefficient (Wildman–Crippen LogP) is 4.77. The van der Waals surface area contributed by atoms with E-state index in [1.807, 2.05) is 30.3 Å². The normalized spacial score (nSPS) is 14.8. The highest BCUT2D eigenvalue weighted by Gasteiger charge is 2.32. The summed E-state index contributed by atoms with van der Waals surface area (Å²) in [5.74, 6) is 0.551. The molecule has 1 saturated heterocycles. The van der Waals surface area contributed by atoms with Crippen molar-refractivity contribution >= 4 is 17.6 Å². The molecule has 1 aliphatic rings. The van der Waals surface area contributed by atoms with Crippen LogP contribution in [-0.4, -0.2) is 39.2 Å². The van der Waals surface area contributed by atoms with E-state index in [1.54, 1.807) is 0 Å². The predicted molar refractivity (Wildman–Crippen MR) is 115 cm³/mol. The van der Waals surface area contributed by atoms with E-state index in [4.69, 9.17) is 21.2 Å². The number of benzene rings is 2. The van der Waals surface area contributed by atoms with Gasteiger partial charge in [0.05, 0.1) is 5.92 Å². The summed E-state index contributed by atoms with van der Waals surface area (Å²) >= 11 is 6.46. The Hall–Kier alpha value is -2.70. The number of hydrogen-bond acceptors (Lipinski definition) is 5. The van der Waals surface area contributed by atoms with Crippen LogP contribution in [0.3, 0.4) is 0 Å². The average Bonchev–Trinajstić information content (AvgIpc) is 3.15. The van der Waals surface area contributed by atoms with Crippen LogP contribution in [0, 0.1) is 11.8 Å². The molecule has 0 spiro atoms. The third-order valence-corrected chi connectivity index (χ3v) is 5.63. The van der Waals surface area contributed by atoms with Crippen molar-refractivity contribution in [1.29, 1.82) is 0 Å². The SMILES string of the molecule is CC(C)Cc1ccc(-c2nc(-c3ccc(CN4CC(C(=O)O)C4)c(Cl)c3)no2)cc1. The minimum Gasteiger partial charge on any atom is -0.481 e. The molecule has 156 valence electrons. The van der Waals surface area contributed by atoms with Crippen LogP contribution in [0.15, 0.2) is 47.0 Å². The van der Waals surface area contributed by atoms with Crippen molar-refractivity contribution in [3.8, 4) is 22.8 Å². The van der Waals surface area contributed by atoms with Crippen molar-refractivity contribution in [1.82, 2.24) is 15.0 Å². The summed E-state index contributed by atoms with van der Waals surface area (Å²) in [6.07, 6.45) is 1.04. The molecule has 6 nitrogen and oxygen atoms in total. The van der Waals surface area contributed by atoms with E-state index in [1.165, 1.54) is 5.56 Å². The van der Waals surface area contributed by atoms with Gasteiger partial charge in [0, 0.05) is 35.8 Å². The Bertz CT molecular complexity index is 1040. The summed E-state index contributed by atoms with van der Waals surface area (Å²) in [5.41, 5.74) is 3.90. The molecule has 1 aromatic heterocycles. The van der Waals surface area contributed by atoms with Crippen LogP contribution >= 0.6 is 11.6 Å². The van der Waals surface area contributed by atoms with Crippen molar-refractivity contribution < 1.29 is 14.4 Å². The maximum absolute atomic E-state index is 10.9. The lowest BCUT2D eigenvalue weighted by atomic mass is 9.99. The zero-order chi connectivity index (χ0) is 21.3. The number of rotatable bonds is 7. The second-order valence-corrected chi connectivity index (χ2v) is 8.66. The number of halogens is 1. The van der Waals surface area contributed by atoms with Crippen molar-refractivity contribution in [3.05, 3.63) is 58.6 Å². The van der Waals surface area contributed by atoms with Crippen molar-refractivity contribution in [2.75, 3.05) is 13.1 Å². The van der Waals surface area contributed by atoms with Gasteiger partial charge < -0.3 is 9.63 Å². The Kier molecular flexibility index (Phi) is 5.88. The molecule has 2 aromatic carbocycles. The maximum Gasteiger partial charge on any atom is 0.309 e. The van der Waals surface area contributed by atoms with E-state index in [0.717, 1.165) is 23.1 Å². The number of likely N-dealkylation sites (tertiary alicyclic amines) is 1. The molecule has 30 heavy (non-hydrogen) atoms. The van der Waals surface area contributed by atoms with E-state index in [9.17, 15) is 4.79 Å². The molecular formula is C23H24ClN3O3. The third kappa shape index (κ3) is 4.55. The minimum absolute atomic E-state index is 0.278. The molecule has 0 saturated carbocycles. The van der Waals surface area contributed by atoms with Gasteiger partial charge in [0.15, 0.2) is 0 Å². The Morgan fingerprint density at radius 1 is 1.20 bits per heavy atom. The molecular weight excluding hydrogens is 402 g/mol. The molecule has 0 atom stereocenters. The first-order valence-corrected chi connectivity index (χ1v) is 10.4. The summed E-state index contributed by atoms with van der Waals surface area (Å²) in [6, 6.07) is 13.9. The first-order valence-electron chi connectivity index (χ1n) is 10.1. The van der Waals surface area contributed by atoms with Gasteiger partial charge in [-0.15, -0.1) is 0 Å². The number of aromatic nitrogens is 2. The number of nitrogens with zero attached hydrogens (tertiary/aromatic N) is 3. The summed E-state index contributed by atoms with van der Waals surface area (Å²) in [6.45, 7) is 6.13. The molecule has 1 aliphatic heterocycles. The van der Waals surface area contributed by atoms with Gasteiger partial charge in [0.1, 0.15) is 0 Å². The minimum atomic E-state index is -0.741. The van der Waals surface area contributed by atoms with Crippen molar-refractivity contribution in [2.45, 2.75) is 26.8 Å². The van der Waals surface area contributed by atoms with Gasteiger partial charge in [-0.1, -0.05) is 54.9 Å². The zero-order valence-electron chi connectivity index (χ0n) is 17.0. The van der Waals surface area contributed by atoms with Crippen LogP contribution < -0.4 is 0 Å². The first kappa shape index (κ1) is 20.6. The largest absolute Gasteiger partial charge is 0.481 e. The van der Waals surface area contributed by atoms with Gasteiger partial charge in [0.25, 0.3) is 5.89 Å². The van der Waals surface area contributed by atoms with Gasteiger partial charge in [-0.2, -0.15) is 4.98 Å². The molecule has 2 heterocycles. The average molecular weight is 426 g/mol. The second kappa shape index (κ2) is 8.58. The number of hydrogen-bond donors (Lipinski definition) is 1. The maximum atomic E-state index is 10.9. The highest BCUT2D eigenvalue weighted by Crippen LogP contribution is 2.28. The number of carboxylic acids is 1. The van der Waals surface area contributed by atoms with E-state index in [-0.39, 0.29) is 5.92 Å². The van der Waals surface area contributed by atoms with Crippen LogP contribution in [0.4, 0.5) is 0 Å². The van der Waals surface area contributed by atoms with Crippen LogP contribution in [0.5, 0.6) is 0 Å². The molecule has 0 radical (unpaired) electrons. The second-order valence-electron chi connectivity index (χ2n) is 8.25. The van der Waals surface area contributed by atoms with Crippen molar-refractivity contribution in [2.24, 2.45) is 11.8 Å². The lowest BCUT2D eigenvalue weighted by Gasteiger charge is -2.36. The zero-order valence-corrected chi connectivity index (χ0v) is 17.8. The van der Waals surface area contributed by atoms with Gasteiger partial charge in [-0.05, 0) is 41.7 Å². The number of aliphatic carboxylic acids is 1. The highest BCUT2D eigenvalue weighted by atomic mass is 35.5. The molecule has 4 rings (SSSR count). The fourth-order valence-corrected chi connectivity index (χ4v) is 3.86. The molecule has 7 heteroatoms. The first-order chi connectivity index (χ1) is 14.4. The fraction of sp³-hybridized carbons (Fsp3) is 0.348. The Morgan fingerprint density at radius 3 is 2.53 bits per heavy atom. The van der Waals surface area contributed by atoms with Crippen molar-refractivity contribution in [3.63, 3.8) is 0 Å². The summed E-state index contributed by atoms with van der Waals surface area (Å²) in [4.78, 5) is 17.5. The Labute approximate surface area is 180 Å². The topological polar surface area (TPSA) is 79.5 Å². The van der Waals surface area contributed by atoms with E-state index >= 15 is 0 Å². The number of carboxylic acid groups (broad SMARTS) is 1. The molecule has 0 amide bonds. The van der Waals surface area contributed by atoms with Gasteiger partial charge in [0.2, 0.25) is 5.82 Å².